The van der Waals surface area contributed by atoms with Crippen molar-refractivity contribution in [3.63, 3.8) is 0 Å². The van der Waals surface area contributed by atoms with E-state index >= 15 is 0 Å². The second-order valence-electron chi connectivity index (χ2n) is 4.51. The Kier molecular flexibility index (Phi) is 7.35. The smallest absolute Gasteiger partial charge is 0.149 e. The Bertz CT molecular complexity index is 207. The van der Waals surface area contributed by atoms with E-state index in [2.05, 4.69) is 4.90 Å². The van der Waals surface area contributed by atoms with Gasteiger partial charge < -0.3 is 19.4 Å². The Morgan fingerprint density at radius 3 is 2.82 bits per heavy atom. The van der Waals surface area contributed by atoms with E-state index in [-0.39, 0.29) is 0 Å². The van der Waals surface area contributed by atoms with E-state index in [1.54, 1.807) is 7.11 Å². The van der Waals surface area contributed by atoms with E-state index in [1.165, 1.54) is 0 Å². The minimum Gasteiger partial charge on any atom is -0.384 e. The third-order valence-electron chi connectivity index (χ3n) is 3.07. The molecule has 0 aromatic heterocycles. The van der Waals surface area contributed by atoms with Crippen LogP contribution in [-0.4, -0.2) is 69.0 Å². The maximum Gasteiger partial charge on any atom is 0.149 e. The summed E-state index contributed by atoms with van der Waals surface area (Å²) >= 11 is 0. The summed E-state index contributed by atoms with van der Waals surface area (Å²) < 4.78 is 10.4. The van der Waals surface area contributed by atoms with Crippen molar-refractivity contribution in [1.82, 2.24) is 4.90 Å². The molecule has 1 saturated heterocycles. The van der Waals surface area contributed by atoms with Gasteiger partial charge in [-0.2, -0.15) is 0 Å². The molecule has 0 aromatic carbocycles. The molecule has 0 spiro atoms. The molecule has 0 amide bonds. The van der Waals surface area contributed by atoms with E-state index in [1.807, 2.05) is 0 Å². The van der Waals surface area contributed by atoms with Gasteiger partial charge in [-0.05, 0) is 18.8 Å². The Balaban J connectivity index is 2.34. The number of ether oxygens (including phenoxy) is 2. The lowest BCUT2D eigenvalue weighted by Gasteiger charge is -2.30. The fraction of sp³-hybridized carbons (Fsp3) is 0.917. The highest BCUT2D eigenvalue weighted by Gasteiger charge is 2.19. The van der Waals surface area contributed by atoms with Crippen molar-refractivity contribution >= 4 is 6.29 Å². The quantitative estimate of drug-likeness (QED) is 0.606. The molecule has 17 heavy (non-hydrogen) atoms. The molecule has 1 unspecified atom stereocenters. The molecule has 1 atom stereocenters. The van der Waals surface area contributed by atoms with Crippen molar-refractivity contribution in [1.29, 1.82) is 0 Å². The van der Waals surface area contributed by atoms with E-state index in [0.29, 0.717) is 25.4 Å². The highest BCUT2D eigenvalue weighted by atomic mass is 16.5. The van der Waals surface area contributed by atoms with Crippen molar-refractivity contribution in [3.8, 4) is 0 Å². The van der Waals surface area contributed by atoms with Crippen LogP contribution in [0, 0.1) is 5.92 Å². The molecule has 0 aromatic rings. The number of nitrogens with zero attached hydrogens (tertiary/aromatic N) is 1. The molecule has 1 N–H and O–H groups in total. The largest absolute Gasteiger partial charge is 0.384 e. The van der Waals surface area contributed by atoms with Gasteiger partial charge in [0, 0.05) is 40.0 Å². The highest BCUT2D eigenvalue weighted by molar-refractivity contribution is 5.55. The lowest BCUT2D eigenvalue weighted by molar-refractivity contribution is -0.116. The zero-order valence-electron chi connectivity index (χ0n) is 10.5. The molecule has 0 radical (unpaired) electrons. The van der Waals surface area contributed by atoms with Crippen LogP contribution in [-0.2, 0) is 14.3 Å². The van der Waals surface area contributed by atoms with Crippen LogP contribution >= 0.6 is 0 Å². The molecule has 1 aliphatic rings. The van der Waals surface area contributed by atoms with E-state index in [4.69, 9.17) is 9.47 Å². The number of hydrogen-bond acceptors (Lipinski definition) is 5. The van der Waals surface area contributed by atoms with Crippen LogP contribution in [0.5, 0.6) is 0 Å². The topological polar surface area (TPSA) is 59.0 Å². The lowest BCUT2D eigenvalue weighted by Crippen LogP contribution is -2.39. The number of aliphatic hydroxyl groups is 1. The average molecular weight is 245 g/mol. The van der Waals surface area contributed by atoms with Gasteiger partial charge in [-0.15, -0.1) is 0 Å². The van der Waals surface area contributed by atoms with Gasteiger partial charge in [0.15, 0.2) is 0 Å². The van der Waals surface area contributed by atoms with Gasteiger partial charge in [-0.25, -0.2) is 0 Å². The van der Waals surface area contributed by atoms with Gasteiger partial charge in [-0.3, -0.25) is 4.90 Å². The minimum atomic E-state index is -0.897. The maximum atomic E-state index is 10.5. The second kappa shape index (κ2) is 8.58. The maximum absolute atomic E-state index is 10.5. The van der Waals surface area contributed by atoms with Gasteiger partial charge in [0.1, 0.15) is 12.4 Å². The van der Waals surface area contributed by atoms with E-state index in [9.17, 15) is 9.90 Å². The first-order chi connectivity index (χ1) is 8.26. The summed E-state index contributed by atoms with van der Waals surface area (Å²) in [5, 5.41) is 9.38. The first kappa shape index (κ1) is 14.6. The number of aldehydes is 1. The number of rotatable bonds is 8. The first-order valence-electron chi connectivity index (χ1n) is 6.18. The van der Waals surface area contributed by atoms with Crippen LogP contribution in [0.1, 0.15) is 12.8 Å². The molecular weight excluding hydrogens is 222 g/mol. The average Bonchev–Trinajstić information content (AvgIpc) is 2.37. The van der Waals surface area contributed by atoms with Crippen molar-refractivity contribution < 1.29 is 19.4 Å². The SMILES string of the molecule is COCCN(CC(O)C=O)CC1CCOCC1. The van der Waals surface area contributed by atoms with Crippen LogP contribution in [0.2, 0.25) is 0 Å². The summed E-state index contributed by atoms with van der Waals surface area (Å²) in [4.78, 5) is 12.6. The first-order valence-corrected chi connectivity index (χ1v) is 6.18. The van der Waals surface area contributed by atoms with Crippen molar-refractivity contribution in [2.24, 2.45) is 5.92 Å². The number of methoxy groups -OCH3 is 1. The monoisotopic (exact) mass is 245 g/mol. The number of hydrogen-bond donors (Lipinski definition) is 1. The summed E-state index contributed by atoms with van der Waals surface area (Å²) in [6.07, 6.45) is 1.80. The Morgan fingerprint density at radius 1 is 1.53 bits per heavy atom. The van der Waals surface area contributed by atoms with Crippen LogP contribution in [0.4, 0.5) is 0 Å². The summed E-state index contributed by atoms with van der Waals surface area (Å²) in [5.74, 6) is 0.597. The fourth-order valence-electron chi connectivity index (χ4n) is 2.08. The van der Waals surface area contributed by atoms with Crippen molar-refractivity contribution in [2.45, 2.75) is 18.9 Å². The third-order valence-corrected chi connectivity index (χ3v) is 3.07. The molecule has 1 heterocycles. The third kappa shape index (κ3) is 6.12. The van der Waals surface area contributed by atoms with Gasteiger partial charge in [0.2, 0.25) is 0 Å². The standard InChI is InChI=1S/C12H23NO4/c1-16-7-4-13(9-12(15)10-14)8-11-2-5-17-6-3-11/h10-12,15H,2-9H2,1H3. The molecule has 0 aliphatic carbocycles. The van der Waals surface area contributed by atoms with Gasteiger partial charge in [0.05, 0.1) is 6.61 Å². The second-order valence-corrected chi connectivity index (χ2v) is 4.51. The predicted molar refractivity (Wildman–Crippen MR) is 63.9 cm³/mol. The van der Waals surface area contributed by atoms with Crippen LogP contribution < -0.4 is 0 Å². The molecule has 1 rings (SSSR count). The molecule has 1 aliphatic heterocycles. The van der Waals surface area contributed by atoms with Gasteiger partial charge >= 0.3 is 0 Å². The number of carbonyl (C=O) groups excluding carboxylic acids is 1. The summed E-state index contributed by atoms with van der Waals surface area (Å²) in [5.41, 5.74) is 0. The predicted octanol–water partition coefficient (Wildman–Crippen LogP) is -0.0788. The molecule has 100 valence electrons. The van der Waals surface area contributed by atoms with Crippen LogP contribution in [0.15, 0.2) is 0 Å². The number of carbonyl (C=O) groups is 1. The molecular formula is C12H23NO4. The summed E-state index contributed by atoms with van der Waals surface area (Å²) in [7, 11) is 1.66. The minimum absolute atomic E-state index is 0.393. The van der Waals surface area contributed by atoms with Crippen molar-refractivity contribution in [3.05, 3.63) is 0 Å². The Hall–Kier alpha value is -0.490. The molecule has 0 bridgehead atoms. The Labute approximate surface area is 103 Å². The normalized spacial score (nSPS) is 19.5. The van der Waals surface area contributed by atoms with Gasteiger partial charge in [-0.1, -0.05) is 0 Å². The summed E-state index contributed by atoms with van der Waals surface area (Å²) in [6, 6.07) is 0. The van der Waals surface area contributed by atoms with Crippen molar-refractivity contribution in [2.75, 3.05) is 46.6 Å². The number of aliphatic hydroxyl groups excluding tert-OH is 1. The van der Waals surface area contributed by atoms with Crippen LogP contribution in [0.3, 0.4) is 0 Å². The summed E-state index contributed by atoms with van der Waals surface area (Å²) in [6.45, 7) is 4.30. The molecule has 5 nitrogen and oxygen atoms in total. The Morgan fingerprint density at radius 2 is 2.24 bits per heavy atom. The zero-order valence-corrected chi connectivity index (χ0v) is 10.5. The van der Waals surface area contributed by atoms with Crippen LogP contribution in [0.25, 0.3) is 0 Å². The van der Waals surface area contributed by atoms with E-state index in [0.717, 1.165) is 39.1 Å². The molecule has 0 saturated carbocycles. The highest BCUT2D eigenvalue weighted by Crippen LogP contribution is 2.16. The fourth-order valence-corrected chi connectivity index (χ4v) is 2.08. The van der Waals surface area contributed by atoms with E-state index < -0.39 is 6.10 Å². The molecule has 5 heteroatoms. The lowest BCUT2D eigenvalue weighted by atomic mass is 9.99. The van der Waals surface area contributed by atoms with Gasteiger partial charge in [0.25, 0.3) is 0 Å². The molecule has 1 fully saturated rings. The zero-order chi connectivity index (χ0) is 12.5.